The number of piperidine rings is 1. The van der Waals surface area contributed by atoms with Crippen molar-refractivity contribution in [1.29, 1.82) is 0 Å². The number of carbonyl (C=O) groups excluding carboxylic acids is 2. The van der Waals surface area contributed by atoms with E-state index < -0.39 is 0 Å². The van der Waals surface area contributed by atoms with E-state index in [1.807, 2.05) is 20.9 Å². The van der Waals surface area contributed by atoms with Crippen molar-refractivity contribution in [3.8, 4) is 5.75 Å². The molecule has 2 aliphatic heterocycles. The highest BCUT2D eigenvalue weighted by Crippen LogP contribution is 2.28. The normalized spacial score (nSPS) is 24.1. The Bertz CT molecular complexity index is 610. The monoisotopic (exact) mass is 306 g/mol. The van der Waals surface area contributed by atoms with E-state index in [1.54, 1.807) is 9.58 Å². The van der Waals surface area contributed by atoms with Gasteiger partial charge < -0.3 is 15.0 Å². The summed E-state index contributed by atoms with van der Waals surface area (Å²) in [5, 5.41) is 7.13. The lowest BCUT2D eigenvalue weighted by Gasteiger charge is -2.35. The molecule has 0 spiro atoms. The van der Waals surface area contributed by atoms with E-state index in [1.165, 1.54) is 0 Å². The quantitative estimate of drug-likeness (QED) is 0.862. The third kappa shape index (κ3) is 2.44. The summed E-state index contributed by atoms with van der Waals surface area (Å²) in [4.78, 5) is 26.0. The van der Waals surface area contributed by atoms with Gasteiger partial charge in [-0.3, -0.25) is 14.3 Å². The molecule has 3 heterocycles. The van der Waals surface area contributed by atoms with Gasteiger partial charge in [0.1, 0.15) is 5.69 Å². The van der Waals surface area contributed by atoms with Gasteiger partial charge >= 0.3 is 0 Å². The maximum Gasteiger partial charge on any atom is 0.260 e. The number of nitrogens with zero attached hydrogens (tertiary/aromatic N) is 3. The number of hydrogen-bond donors (Lipinski definition) is 1. The van der Waals surface area contributed by atoms with Crippen molar-refractivity contribution in [1.82, 2.24) is 20.0 Å². The molecule has 7 heteroatoms. The molecule has 1 aromatic heterocycles. The lowest BCUT2D eigenvalue weighted by Crippen LogP contribution is -2.50. The summed E-state index contributed by atoms with van der Waals surface area (Å²) in [5.74, 6) is 0.626. The van der Waals surface area contributed by atoms with Gasteiger partial charge in [0.25, 0.3) is 5.91 Å². The van der Waals surface area contributed by atoms with Crippen LogP contribution in [0.5, 0.6) is 5.75 Å². The van der Waals surface area contributed by atoms with E-state index in [2.05, 4.69) is 10.4 Å². The van der Waals surface area contributed by atoms with Gasteiger partial charge in [-0.2, -0.15) is 5.10 Å². The molecule has 1 N–H and O–H groups in total. The third-order valence-electron chi connectivity index (χ3n) is 4.70. The largest absolute Gasteiger partial charge is 0.480 e. The first-order valence-corrected chi connectivity index (χ1v) is 7.69. The minimum absolute atomic E-state index is 0.00914. The zero-order chi connectivity index (χ0) is 15.9. The Morgan fingerprint density at radius 2 is 2.23 bits per heavy atom. The molecule has 0 saturated carbocycles. The molecule has 3 rings (SSSR count). The van der Waals surface area contributed by atoms with Gasteiger partial charge in [-0.05, 0) is 26.7 Å². The fraction of sp³-hybridized carbons (Fsp3) is 0.667. The molecule has 0 unspecified atom stereocenters. The Labute approximate surface area is 129 Å². The summed E-state index contributed by atoms with van der Waals surface area (Å²) < 4.78 is 7.44. The Morgan fingerprint density at radius 1 is 1.45 bits per heavy atom. The number of rotatable bonds is 3. The van der Waals surface area contributed by atoms with Crippen molar-refractivity contribution >= 4 is 11.8 Å². The number of nitrogens with one attached hydrogen (secondary N) is 1. The van der Waals surface area contributed by atoms with Crippen molar-refractivity contribution in [3.05, 3.63) is 11.4 Å². The average Bonchev–Trinajstić information content (AvgIpc) is 2.98. The van der Waals surface area contributed by atoms with Crippen molar-refractivity contribution in [2.24, 2.45) is 13.0 Å². The molecule has 2 atom stereocenters. The maximum absolute atomic E-state index is 12.5. The zero-order valence-electron chi connectivity index (χ0n) is 13.3. The Balaban J connectivity index is 1.66. The van der Waals surface area contributed by atoms with E-state index >= 15 is 0 Å². The van der Waals surface area contributed by atoms with E-state index in [0.29, 0.717) is 18.8 Å². The molecule has 7 nitrogen and oxygen atoms in total. The summed E-state index contributed by atoms with van der Waals surface area (Å²) >= 11 is 0. The van der Waals surface area contributed by atoms with Gasteiger partial charge in [0.05, 0.1) is 17.7 Å². The van der Waals surface area contributed by atoms with Crippen molar-refractivity contribution in [2.75, 3.05) is 19.7 Å². The van der Waals surface area contributed by atoms with Crippen LogP contribution in [0.3, 0.4) is 0 Å². The molecular weight excluding hydrogens is 284 g/mol. The summed E-state index contributed by atoms with van der Waals surface area (Å²) in [7, 11) is 1.85. The van der Waals surface area contributed by atoms with Crippen molar-refractivity contribution in [3.63, 3.8) is 0 Å². The second-order valence-corrected chi connectivity index (χ2v) is 6.06. The first-order valence-electron chi connectivity index (χ1n) is 7.69. The molecule has 2 amide bonds. The van der Waals surface area contributed by atoms with E-state index in [4.69, 9.17) is 4.74 Å². The molecule has 0 radical (unpaired) electrons. The van der Waals surface area contributed by atoms with Crippen LogP contribution in [-0.4, -0.2) is 52.2 Å². The smallest absolute Gasteiger partial charge is 0.260 e. The molecule has 0 aliphatic carbocycles. The minimum Gasteiger partial charge on any atom is -0.480 e. The number of carbonyl (C=O) groups is 2. The second-order valence-electron chi connectivity index (χ2n) is 6.06. The van der Waals surface area contributed by atoms with Gasteiger partial charge in [-0.1, -0.05) is 0 Å². The summed E-state index contributed by atoms with van der Waals surface area (Å²) in [6.07, 6.45) is 1.73. The molecule has 0 bridgehead atoms. The SMILES string of the molecule is Cc1nn(C)c(C)c1OCC(=O)N1CCC[C@H]2C(=O)NC[C@H]21. The van der Waals surface area contributed by atoms with E-state index in [9.17, 15) is 9.59 Å². The Morgan fingerprint density at radius 3 is 2.91 bits per heavy atom. The van der Waals surface area contributed by atoms with Gasteiger partial charge in [-0.15, -0.1) is 0 Å². The van der Waals surface area contributed by atoms with Crippen molar-refractivity contribution in [2.45, 2.75) is 32.7 Å². The van der Waals surface area contributed by atoms with Crippen LogP contribution in [0.25, 0.3) is 0 Å². The molecular formula is C15H22N4O3. The number of aryl methyl sites for hydroxylation is 2. The topological polar surface area (TPSA) is 76.5 Å². The molecule has 22 heavy (non-hydrogen) atoms. The molecule has 0 aromatic carbocycles. The first kappa shape index (κ1) is 14.9. The number of aromatic nitrogens is 2. The van der Waals surface area contributed by atoms with Crippen LogP contribution in [0.15, 0.2) is 0 Å². The Kier molecular flexibility index (Phi) is 3.80. The molecule has 2 fully saturated rings. The minimum atomic E-state index is -0.0612. The molecule has 120 valence electrons. The van der Waals surface area contributed by atoms with Gasteiger partial charge in [-0.25, -0.2) is 0 Å². The van der Waals surface area contributed by atoms with Gasteiger partial charge in [0.15, 0.2) is 12.4 Å². The number of fused-ring (bicyclic) bond motifs is 1. The maximum atomic E-state index is 12.5. The number of hydrogen-bond acceptors (Lipinski definition) is 4. The van der Waals surface area contributed by atoms with Crippen LogP contribution in [-0.2, 0) is 16.6 Å². The summed E-state index contributed by atoms with van der Waals surface area (Å²) in [6, 6.07) is -0.0200. The highest BCUT2D eigenvalue weighted by Gasteiger charge is 2.42. The predicted octanol–water partition coefficient (Wildman–Crippen LogP) is 0.153. The zero-order valence-corrected chi connectivity index (χ0v) is 13.3. The van der Waals surface area contributed by atoms with Crippen LogP contribution in [0.2, 0.25) is 0 Å². The van der Waals surface area contributed by atoms with E-state index in [0.717, 1.165) is 24.2 Å². The predicted molar refractivity (Wildman–Crippen MR) is 79.4 cm³/mol. The fourth-order valence-electron chi connectivity index (χ4n) is 3.44. The number of ether oxygens (including phenoxy) is 1. The third-order valence-corrected chi connectivity index (χ3v) is 4.70. The highest BCUT2D eigenvalue weighted by molar-refractivity contribution is 5.85. The number of amides is 2. The Hall–Kier alpha value is -2.05. The lowest BCUT2D eigenvalue weighted by molar-refractivity contribution is -0.138. The second kappa shape index (κ2) is 5.62. The van der Waals surface area contributed by atoms with Crippen LogP contribution in [0, 0.1) is 19.8 Å². The number of likely N-dealkylation sites (tertiary alicyclic amines) is 1. The molecule has 2 saturated heterocycles. The summed E-state index contributed by atoms with van der Waals surface area (Å²) in [5.41, 5.74) is 1.68. The molecule has 2 aliphatic rings. The van der Waals surface area contributed by atoms with E-state index in [-0.39, 0.29) is 30.4 Å². The van der Waals surface area contributed by atoms with Gasteiger partial charge in [0, 0.05) is 20.1 Å². The average molecular weight is 306 g/mol. The van der Waals surface area contributed by atoms with Crippen LogP contribution < -0.4 is 10.1 Å². The first-order chi connectivity index (χ1) is 10.5. The molecule has 1 aromatic rings. The lowest BCUT2D eigenvalue weighted by atomic mass is 9.91. The fourth-order valence-corrected chi connectivity index (χ4v) is 3.44. The van der Waals surface area contributed by atoms with Crippen LogP contribution >= 0.6 is 0 Å². The highest BCUT2D eigenvalue weighted by atomic mass is 16.5. The van der Waals surface area contributed by atoms with Gasteiger partial charge in [0.2, 0.25) is 5.91 Å². The van der Waals surface area contributed by atoms with Crippen LogP contribution in [0.1, 0.15) is 24.2 Å². The van der Waals surface area contributed by atoms with Crippen molar-refractivity contribution < 1.29 is 14.3 Å². The summed E-state index contributed by atoms with van der Waals surface area (Å²) in [6.45, 7) is 5.02. The van der Waals surface area contributed by atoms with Crippen LogP contribution in [0.4, 0.5) is 0 Å². The standard InChI is InChI=1S/C15H22N4O3/c1-9-14(10(2)18(3)17-9)22-8-13(20)19-6-4-5-11-12(19)7-16-15(11)21/h11-12H,4-8H2,1-3H3,(H,16,21)/t11-,12-/m1/s1.